The Morgan fingerprint density at radius 2 is 1.53 bits per heavy atom. The maximum Gasteiger partial charge on any atom is 0.319 e. The van der Waals surface area contributed by atoms with Crippen molar-refractivity contribution >= 4 is 63.6 Å². The lowest BCUT2D eigenvalue weighted by molar-refractivity contribution is -0.130. The van der Waals surface area contributed by atoms with Gasteiger partial charge in [-0.25, -0.2) is 4.79 Å². The first kappa shape index (κ1) is 43.8. The molecule has 2 heterocycles. The van der Waals surface area contributed by atoms with Crippen LogP contribution in [0.25, 0.3) is 10.9 Å². The van der Waals surface area contributed by atoms with Crippen LogP contribution in [0.3, 0.4) is 0 Å². The number of benzene rings is 4. The molecule has 1 fully saturated rings. The minimum absolute atomic E-state index is 0.0597. The number of nitrogens with one attached hydrogen (secondary N) is 4. The molecule has 4 amide bonds. The van der Waals surface area contributed by atoms with Gasteiger partial charge in [0.2, 0.25) is 11.8 Å². The van der Waals surface area contributed by atoms with Gasteiger partial charge in [0.25, 0.3) is 0 Å². The van der Waals surface area contributed by atoms with Crippen molar-refractivity contribution in [2.75, 3.05) is 32.1 Å². The lowest BCUT2D eigenvalue weighted by Gasteiger charge is -2.23. The van der Waals surface area contributed by atoms with Gasteiger partial charge in [-0.15, -0.1) is 0 Å². The fourth-order valence-corrected chi connectivity index (χ4v) is 8.04. The van der Waals surface area contributed by atoms with E-state index >= 15 is 0 Å². The molecule has 5 aromatic rings. The van der Waals surface area contributed by atoms with Crippen molar-refractivity contribution in [1.29, 1.82) is 0 Å². The van der Waals surface area contributed by atoms with Crippen molar-refractivity contribution < 1.29 is 19.1 Å². The Labute approximate surface area is 360 Å². The van der Waals surface area contributed by atoms with Gasteiger partial charge in [-0.2, -0.15) is 0 Å². The van der Waals surface area contributed by atoms with Crippen molar-refractivity contribution in [1.82, 2.24) is 25.4 Å². The van der Waals surface area contributed by atoms with E-state index < -0.39 is 24.0 Å². The lowest BCUT2D eigenvalue weighted by Crippen LogP contribution is -2.55. The van der Waals surface area contributed by atoms with Crippen LogP contribution in [0.2, 0.25) is 10.0 Å². The standard InChI is InChI=1S/C45H53Cl2N9O4/c1-29-35(27-55-22-6-7-23-55)34-25-32(17-20-41(34)56(29)28-36-37(46)12-8-13-38(36)47)52-45(59)54-40(24-30-15-18-33(60-2)19-16-30)43(58)53-39(14-9-21-50-44(48)49)42(57)51-26-31-10-4-3-5-11-31/h3-5,8,10-13,15-20,25,39-40H,6-7,9,14,21-24,26-28H2,1-2H3,(H,51,57)(H,53,58)(H4,48,49,50)(H2,52,54,59)/t39-,40-/m0/s1. The summed E-state index contributed by atoms with van der Waals surface area (Å²) in [6.07, 6.45) is 3.13. The second-order valence-corrected chi connectivity index (χ2v) is 15.8. The zero-order valence-electron chi connectivity index (χ0n) is 34.0. The maximum atomic E-state index is 14.2. The number of methoxy groups -OCH3 is 1. The molecule has 60 heavy (non-hydrogen) atoms. The Balaban J connectivity index is 1.24. The summed E-state index contributed by atoms with van der Waals surface area (Å²) < 4.78 is 7.55. The fourth-order valence-electron chi connectivity index (χ4n) is 7.52. The van der Waals surface area contributed by atoms with Crippen molar-refractivity contribution in [3.8, 4) is 5.75 Å². The molecule has 1 aliphatic heterocycles. The number of hydrogen-bond donors (Lipinski definition) is 6. The van der Waals surface area contributed by atoms with Crippen molar-refractivity contribution in [3.05, 3.63) is 129 Å². The van der Waals surface area contributed by atoms with E-state index in [-0.39, 0.29) is 37.8 Å². The highest BCUT2D eigenvalue weighted by atomic mass is 35.5. The number of nitrogens with zero attached hydrogens (tertiary/aromatic N) is 3. The molecule has 15 heteroatoms. The van der Waals surface area contributed by atoms with E-state index in [2.05, 4.69) is 42.7 Å². The molecule has 0 saturated carbocycles. The first-order chi connectivity index (χ1) is 29.0. The van der Waals surface area contributed by atoms with Crippen LogP contribution in [-0.2, 0) is 35.6 Å². The summed E-state index contributed by atoms with van der Waals surface area (Å²) in [5.74, 6) is -0.311. The molecule has 0 radical (unpaired) electrons. The van der Waals surface area contributed by atoms with Gasteiger partial charge in [-0.3, -0.25) is 19.5 Å². The van der Waals surface area contributed by atoms with E-state index in [0.717, 1.165) is 71.3 Å². The van der Waals surface area contributed by atoms with Crippen LogP contribution < -0.4 is 37.5 Å². The summed E-state index contributed by atoms with van der Waals surface area (Å²) in [5.41, 5.74) is 17.3. The van der Waals surface area contributed by atoms with E-state index in [0.29, 0.717) is 34.4 Å². The smallest absolute Gasteiger partial charge is 0.319 e. The molecule has 2 atom stereocenters. The minimum atomic E-state index is -1.06. The van der Waals surface area contributed by atoms with Crippen LogP contribution in [0.4, 0.5) is 10.5 Å². The molecule has 316 valence electrons. The summed E-state index contributed by atoms with van der Waals surface area (Å²) in [6, 6.07) is 25.5. The predicted octanol–water partition coefficient (Wildman–Crippen LogP) is 6.50. The quantitative estimate of drug-likeness (QED) is 0.0331. The van der Waals surface area contributed by atoms with Crippen molar-refractivity contribution in [3.63, 3.8) is 0 Å². The Morgan fingerprint density at radius 3 is 2.22 bits per heavy atom. The maximum absolute atomic E-state index is 14.2. The number of nitrogens with two attached hydrogens (primary N) is 2. The number of likely N-dealkylation sites (tertiary alicyclic amines) is 1. The number of aromatic nitrogens is 1. The van der Waals surface area contributed by atoms with Crippen LogP contribution >= 0.6 is 23.2 Å². The number of guanidine groups is 1. The zero-order chi connectivity index (χ0) is 42.6. The largest absolute Gasteiger partial charge is 0.497 e. The third kappa shape index (κ3) is 11.7. The molecule has 0 unspecified atom stereocenters. The number of anilines is 1. The summed E-state index contributed by atoms with van der Waals surface area (Å²) in [6.45, 7) is 5.94. The van der Waals surface area contributed by atoms with Crippen LogP contribution in [0.1, 0.15) is 53.6 Å². The SMILES string of the molecule is COc1ccc(C[C@H](NC(=O)Nc2ccc3c(c2)c(CN2CCCC2)c(C)n3Cc2c(Cl)cccc2Cl)C(=O)N[C@@H](CCCN=C(N)N)C(=O)NCc2ccccc2)cc1. The number of hydrogen-bond acceptors (Lipinski definition) is 6. The first-order valence-corrected chi connectivity index (χ1v) is 20.9. The monoisotopic (exact) mass is 853 g/mol. The van der Waals surface area contributed by atoms with Gasteiger partial charge in [0, 0.05) is 63.9 Å². The van der Waals surface area contributed by atoms with Crippen LogP contribution in [0.15, 0.2) is 96.0 Å². The van der Waals surface area contributed by atoms with Gasteiger partial charge >= 0.3 is 6.03 Å². The lowest BCUT2D eigenvalue weighted by atomic mass is 10.0. The van der Waals surface area contributed by atoms with Gasteiger partial charge in [-0.1, -0.05) is 71.7 Å². The minimum Gasteiger partial charge on any atom is -0.497 e. The van der Waals surface area contributed by atoms with Crippen LogP contribution in [0, 0.1) is 6.92 Å². The molecular weight excluding hydrogens is 801 g/mol. The molecule has 4 aromatic carbocycles. The third-order valence-electron chi connectivity index (χ3n) is 10.8. The number of carbonyl (C=O) groups is 3. The summed E-state index contributed by atoms with van der Waals surface area (Å²) in [5, 5.41) is 13.9. The van der Waals surface area contributed by atoms with E-state index in [1.165, 1.54) is 0 Å². The van der Waals surface area contributed by atoms with Gasteiger partial charge in [0.1, 0.15) is 17.8 Å². The number of carbonyl (C=O) groups excluding carboxylic acids is 3. The highest BCUT2D eigenvalue weighted by Crippen LogP contribution is 2.34. The number of aliphatic imine (C=N–C) groups is 1. The summed E-state index contributed by atoms with van der Waals surface area (Å²) in [4.78, 5) is 48.1. The molecule has 1 aromatic heterocycles. The number of rotatable bonds is 18. The second-order valence-electron chi connectivity index (χ2n) is 15.0. The van der Waals surface area contributed by atoms with Crippen molar-refractivity contribution in [2.45, 2.75) is 70.7 Å². The normalized spacial score (nSPS) is 13.7. The average molecular weight is 855 g/mol. The number of fused-ring (bicyclic) bond motifs is 1. The first-order valence-electron chi connectivity index (χ1n) is 20.1. The number of ether oxygens (including phenoxy) is 1. The molecule has 6 rings (SSSR count). The van der Waals surface area contributed by atoms with E-state index in [1.807, 2.05) is 78.9 Å². The molecule has 1 saturated heterocycles. The molecule has 0 bridgehead atoms. The van der Waals surface area contributed by atoms with Gasteiger partial charge in [0.05, 0.1) is 13.7 Å². The Hall–Kier alpha value is -5.76. The third-order valence-corrected chi connectivity index (χ3v) is 11.5. The average Bonchev–Trinajstić information content (AvgIpc) is 3.85. The van der Waals surface area contributed by atoms with E-state index in [4.69, 9.17) is 39.4 Å². The van der Waals surface area contributed by atoms with Crippen molar-refractivity contribution in [2.24, 2.45) is 16.5 Å². The topological polar surface area (TPSA) is 181 Å². The second kappa shape index (κ2) is 21.0. The molecule has 13 nitrogen and oxygen atoms in total. The number of amides is 4. The molecule has 0 aliphatic carbocycles. The summed E-state index contributed by atoms with van der Waals surface area (Å²) in [7, 11) is 1.57. The Bertz CT molecular complexity index is 2270. The van der Waals surface area contributed by atoms with E-state index in [1.54, 1.807) is 19.2 Å². The van der Waals surface area contributed by atoms with Gasteiger partial charge in [0.15, 0.2) is 5.96 Å². The number of urea groups is 1. The van der Waals surface area contributed by atoms with Gasteiger partial charge < -0.3 is 42.0 Å². The van der Waals surface area contributed by atoms with Crippen LogP contribution in [-0.4, -0.2) is 72.1 Å². The van der Waals surface area contributed by atoms with Gasteiger partial charge in [-0.05, 0) is 105 Å². The van der Waals surface area contributed by atoms with E-state index in [9.17, 15) is 14.4 Å². The zero-order valence-corrected chi connectivity index (χ0v) is 35.5. The fraction of sp³-hybridized carbons (Fsp3) is 0.333. The molecule has 8 N–H and O–H groups in total. The summed E-state index contributed by atoms with van der Waals surface area (Å²) >= 11 is 13.3. The highest BCUT2D eigenvalue weighted by molar-refractivity contribution is 6.36. The molecule has 0 spiro atoms. The molecular formula is C45H53Cl2N9O4. The Kier molecular flexibility index (Phi) is 15.3. The number of halogens is 2. The highest BCUT2D eigenvalue weighted by Gasteiger charge is 2.28. The Morgan fingerprint density at radius 1 is 0.817 bits per heavy atom. The van der Waals surface area contributed by atoms with Crippen LogP contribution in [0.5, 0.6) is 5.75 Å². The molecule has 1 aliphatic rings. The predicted molar refractivity (Wildman–Crippen MR) is 240 cm³/mol.